The topological polar surface area (TPSA) is 38.7 Å². The lowest BCUT2D eigenvalue weighted by Gasteiger charge is -2.28. The Morgan fingerprint density at radius 2 is 1.07 bits per heavy atom. The van der Waals surface area contributed by atoms with Gasteiger partial charge in [-0.1, -0.05) is 134 Å². The van der Waals surface area contributed by atoms with Crippen LogP contribution in [0.3, 0.4) is 0 Å². The van der Waals surface area contributed by atoms with Crippen LogP contribution >= 0.6 is 0 Å². The highest BCUT2D eigenvalue weighted by Gasteiger charge is 2.28. The Balaban J connectivity index is 1.12. The molecule has 0 spiro atoms. The second kappa shape index (κ2) is 13.1. The molecular weight excluding hydrogens is 727 g/mol. The van der Waals surface area contributed by atoms with Crippen LogP contribution in [0.25, 0.3) is 93.9 Å². The zero-order valence-electron chi connectivity index (χ0n) is 33.1. The van der Waals surface area contributed by atoms with Gasteiger partial charge in [-0.05, 0) is 161 Å². The van der Waals surface area contributed by atoms with E-state index in [0.717, 1.165) is 59.8 Å². The number of aromatic nitrogens is 3. The summed E-state index contributed by atoms with van der Waals surface area (Å²) >= 11 is 0. The van der Waals surface area contributed by atoms with Crippen molar-refractivity contribution >= 4 is 71.1 Å². The number of rotatable bonds is 3. The second-order valence-electron chi connectivity index (χ2n) is 16.9. The molecular formula is C57H39N3. The van der Waals surface area contributed by atoms with E-state index in [9.17, 15) is 0 Å². The van der Waals surface area contributed by atoms with Gasteiger partial charge in [-0.3, -0.25) is 0 Å². The summed E-state index contributed by atoms with van der Waals surface area (Å²) in [4.78, 5) is 16.7. The third-order valence-electron chi connectivity index (χ3n) is 13.5. The molecule has 0 radical (unpaired) electrons. The third-order valence-corrected chi connectivity index (χ3v) is 13.5. The van der Waals surface area contributed by atoms with Crippen LogP contribution in [0.5, 0.6) is 0 Å². The molecule has 0 saturated carbocycles. The van der Waals surface area contributed by atoms with Crippen LogP contribution in [-0.2, 0) is 6.42 Å². The fraction of sp³-hybridized carbons (Fsp3) is 0.105. The zero-order valence-corrected chi connectivity index (χ0v) is 33.1. The first-order valence-corrected chi connectivity index (χ1v) is 21.4. The van der Waals surface area contributed by atoms with Crippen molar-refractivity contribution < 1.29 is 0 Å². The Kier molecular flexibility index (Phi) is 7.38. The molecule has 3 nitrogen and oxygen atoms in total. The van der Waals surface area contributed by atoms with Gasteiger partial charge in [0, 0.05) is 22.6 Å². The quantitative estimate of drug-likeness (QED) is 0.133. The van der Waals surface area contributed by atoms with Gasteiger partial charge in [-0.2, -0.15) is 0 Å². The number of aryl methyl sites for hydroxylation is 1. The van der Waals surface area contributed by atoms with E-state index >= 15 is 0 Å². The number of fused-ring (bicyclic) bond motifs is 11. The molecule has 0 bridgehead atoms. The summed E-state index contributed by atoms with van der Waals surface area (Å²) in [5.74, 6) is 2.39. The Bertz CT molecular complexity index is 3640. The second-order valence-corrected chi connectivity index (χ2v) is 16.9. The minimum Gasteiger partial charge on any atom is -0.208 e. The average molecular weight is 766 g/mol. The van der Waals surface area contributed by atoms with Crippen LogP contribution in [0.1, 0.15) is 42.6 Å². The predicted octanol–water partition coefficient (Wildman–Crippen LogP) is 12.5. The Labute approximate surface area is 347 Å². The lowest BCUT2D eigenvalue weighted by atomic mass is 9.76. The molecule has 0 amide bonds. The van der Waals surface area contributed by atoms with Gasteiger partial charge in [-0.25, -0.2) is 15.0 Å². The maximum Gasteiger partial charge on any atom is 0.164 e. The van der Waals surface area contributed by atoms with Crippen LogP contribution in [0, 0.1) is 5.92 Å². The summed E-state index contributed by atoms with van der Waals surface area (Å²) in [6, 6.07) is 49.1. The highest BCUT2D eigenvalue weighted by atomic mass is 15.0. The summed E-state index contributed by atoms with van der Waals surface area (Å²) < 4.78 is 0. The molecule has 1 aromatic heterocycles. The summed E-state index contributed by atoms with van der Waals surface area (Å²) in [7, 11) is 0. The number of allylic oxidation sites excluding steroid dienone is 7. The van der Waals surface area contributed by atoms with Gasteiger partial charge >= 0.3 is 0 Å². The van der Waals surface area contributed by atoms with E-state index in [-0.39, 0.29) is 5.92 Å². The Hall–Kier alpha value is -7.23. The molecule has 0 N–H and O–H groups in total. The van der Waals surface area contributed by atoms with Crippen LogP contribution in [-0.4, -0.2) is 15.0 Å². The van der Waals surface area contributed by atoms with Crippen LogP contribution in [0.2, 0.25) is 0 Å². The molecule has 9 aromatic rings. The van der Waals surface area contributed by atoms with Crippen LogP contribution in [0.4, 0.5) is 0 Å². The van der Waals surface area contributed by atoms with Crippen molar-refractivity contribution in [2.45, 2.75) is 32.1 Å². The number of hydrogen-bond donors (Lipinski definition) is 0. The molecule has 4 aliphatic rings. The molecule has 1 heterocycles. The van der Waals surface area contributed by atoms with Crippen molar-refractivity contribution in [3.05, 3.63) is 202 Å². The van der Waals surface area contributed by atoms with Gasteiger partial charge in [-0.15, -0.1) is 0 Å². The predicted molar refractivity (Wildman–Crippen MR) is 250 cm³/mol. The van der Waals surface area contributed by atoms with E-state index in [1.54, 1.807) is 0 Å². The van der Waals surface area contributed by atoms with Crippen LogP contribution < -0.4 is 10.4 Å². The highest BCUT2D eigenvalue weighted by molar-refractivity contribution is 6.17. The first-order valence-electron chi connectivity index (χ1n) is 21.4. The van der Waals surface area contributed by atoms with Gasteiger partial charge in [0.2, 0.25) is 0 Å². The van der Waals surface area contributed by atoms with E-state index in [2.05, 4.69) is 170 Å². The molecule has 1 atom stereocenters. The van der Waals surface area contributed by atoms with Gasteiger partial charge in [0.25, 0.3) is 0 Å². The maximum absolute atomic E-state index is 5.57. The summed E-state index contributed by atoms with van der Waals surface area (Å²) in [5, 5.41) is 14.5. The summed E-state index contributed by atoms with van der Waals surface area (Å²) in [6.45, 7) is 0. The van der Waals surface area contributed by atoms with Crippen LogP contribution in [0.15, 0.2) is 175 Å². The van der Waals surface area contributed by atoms with E-state index in [1.807, 2.05) is 0 Å². The standard InChI is InChI=1S/C57H39N3/c1-4-16-37-28-49-40(25-34(37)13-1)31-52(46-22-10-7-19-43(46)49)55-58-56(53-32-41-26-35-14-2-5-17-38(35)29-50(41)44-20-8-11-23-47(44)53)60-57(59-55)54-33-42-27-36-15-3-6-18-39(36)30-51(42)45-21-9-12-24-48(45)54/h1-2,4,6-14,16,18-32,42H,3,5,15,17,33H2. The van der Waals surface area contributed by atoms with E-state index in [1.165, 1.54) is 86.9 Å². The molecule has 0 aliphatic heterocycles. The molecule has 1 unspecified atom stereocenters. The first-order chi connectivity index (χ1) is 29.7. The lowest BCUT2D eigenvalue weighted by molar-refractivity contribution is 0.804. The van der Waals surface area contributed by atoms with Crippen molar-refractivity contribution in [1.29, 1.82) is 0 Å². The molecule has 13 rings (SSSR count). The van der Waals surface area contributed by atoms with Crippen molar-refractivity contribution in [2.24, 2.45) is 5.92 Å². The average Bonchev–Trinajstić information content (AvgIpc) is 3.31. The normalized spacial score (nSPS) is 16.8. The first kappa shape index (κ1) is 33.7. The van der Waals surface area contributed by atoms with Crippen molar-refractivity contribution in [3.8, 4) is 22.8 Å². The SMILES string of the molecule is C1=CC2=CC3=c4ccccc4=C(c4nc(-c5cc6cc7c(cc6c6ccccc56)CCC=C7)nc(-c5cc6cc7ccccc7cc6c6ccccc56)n4)CC3C=C2CC1. The molecule has 4 aliphatic carbocycles. The van der Waals surface area contributed by atoms with Gasteiger partial charge in [0.15, 0.2) is 17.5 Å². The molecule has 0 saturated heterocycles. The number of hydrogen-bond acceptors (Lipinski definition) is 3. The number of nitrogens with zero attached hydrogens (tertiary/aromatic N) is 3. The largest absolute Gasteiger partial charge is 0.208 e. The van der Waals surface area contributed by atoms with Crippen molar-refractivity contribution in [2.75, 3.05) is 0 Å². The maximum atomic E-state index is 5.57. The van der Waals surface area contributed by atoms with E-state index in [4.69, 9.17) is 15.0 Å². The highest BCUT2D eigenvalue weighted by Crippen LogP contribution is 2.42. The fourth-order valence-corrected chi connectivity index (χ4v) is 10.6. The van der Waals surface area contributed by atoms with E-state index < -0.39 is 0 Å². The van der Waals surface area contributed by atoms with Gasteiger partial charge in [0.1, 0.15) is 0 Å². The van der Waals surface area contributed by atoms with Gasteiger partial charge in [0.05, 0.1) is 0 Å². The summed E-state index contributed by atoms with van der Waals surface area (Å²) in [6.07, 6.45) is 19.3. The van der Waals surface area contributed by atoms with Crippen molar-refractivity contribution in [1.82, 2.24) is 15.0 Å². The monoisotopic (exact) mass is 765 g/mol. The fourth-order valence-electron chi connectivity index (χ4n) is 10.6. The molecule has 0 fully saturated rings. The summed E-state index contributed by atoms with van der Waals surface area (Å²) in [5.41, 5.74) is 10.1. The third kappa shape index (κ3) is 5.25. The number of benzene rings is 8. The van der Waals surface area contributed by atoms with Gasteiger partial charge < -0.3 is 0 Å². The minimum absolute atomic E-state index is 0.249. The molecule has 60 heavy (non-hydrogen) atoms. The Morgan fingerprint density at radius 3 is 1.83 bits per heavy atom. The minimum atomic E-state index is 0.249. The Morgan fingerprint density at radius 1 is 0.467 bits per heavy atom. The van der Waals surface area contributed by atoms with Crippen molar-refractivity contribution in [3.63, 3.8) is 0 Å². The molecule has 282 valence electrons. The molecule has 8 aromatic carbocycles. The van der Waals surface area contributed by atoms with E-state index in [0.29, 0.717) is 11.6 Å². The smallest absolute Gasteiger partial charge is 0.164 e. The lowest BCUT2D eigenvalue weighted by Crippen LogP contribution is -2.36. The zero-order chi connectivity index (χ0) is 39.3. The molecule has 3 heteroatoms.